The van der Waals surface area contributed by atoms with Crippen LogP contribution in [0.3, 0.4) is 0 Å². The van der Waals surface area contributed by atoms with Crippen molar-refractivity contribution in [2.75, 3.05) is 34.9 Å². The highest BCUT2D eigenvalue weighted by Crippen LogP contribution is 2.31. The number of ether oxygens (including phenoxy) is 3. The number of carboxylic acids is 1. The fourth-order valence-corrected chi connectivity index (χ4v) is 8.95. The van der Waals surface area contributed by atoms with E-state index in [0.29, 0.717) is 25.8 Å². The fourth-order valence-electron chi connectivity index (χ4n) is 8.95. The first-order valence-electron chi connectivity index (χ1n) is 22.4. The van der Waals surface area contributed by atoms with Crippen molar-refractivity contribution in [2.45, 2.75) is 137 Å². The number of nitrogens with one attached hydrogen (secondary N) is 1. The van der Waals surface area contributed by atoms with E-state index in [1.54, 1.807) is 43.0 Å². The number of likely N-dealkylation sites (tertiary alicyclic amines) is 1. The molecule has 1 fully saturated rings. The number of Topliss-reactive ketones (excluding diaryl/α,β-unsaturated/α-hetero) is 1. The Morgan fingerprint density at radius 2 is 1.48 bits per heavy atom. The molecule has 350 valence electrons. The lowest BCUT2D eigenvalue weighted by atomic mass is 9.83. The van der Waals surface area contributed by atoms with Gasteiger partial charge in [0.15, 0.2) is 5.78 Å². The molecule has 0 saturated carbocycles. The van der Waals surface area contributed by atoms with E-state index in [1.165, 1.54) is 19.1 Å². The molecule has 1 aliphatic rings. The largest absolute Gasteiger partial charge is 0.480 e. The number of carbonyl (C=O) groups excluding carboxylic acids is 5. The summed E-state index contributed by atoms with van der Waals surface area (Å²) in [5, 5.41) is 12.6. The first-order chi connectivity index (χ1) is 29.8. The van der Waals surface area contributed by atoms with Gasteiger partial charge in [-0.1, -0.05) is 115 Å². The van der Waals surface area contributed by atoms with Crippen LogP contribution >= 0.6 is 0 Å². The minimum Gasteiger partial charge on any atom is -0.480 e. The number of hydrogen-bond acceptors (Lipinski definition) is 9. The smallest absolute Gasteiger partial charge is 0.410 e. The maximum atomic E-state index is 14.6. The predicted octanol–water partition coefficient (Wildman–Crippen LogP) is 6.55. The van der Waals surface area contributed by atoms with Crippen LogP contribution in [0.15, 0.2) is 54.6 Å². The lowest BCUT2D eigenvalue weighted by Gasteiger charge is -2.41. The summed E-state index contributed by atoms with van der Waals surface area (Å²) in [6, 6.07) is 13.8. The van der Waals surface area contributed by atoms with Crippen LogP contribution < -0.4 is 5.32 Å². The Balaban J connectivity index is 1.76. The average Bonchev–Trinajstić information content (AvgIpc) is 3.74. The highest BCUT2D eigenvalue weighted by molar-refractivity contribution is 5.92. The summed E-state index contributed by atoms with van der Waals surface area (Å²) in [6.07, 6.45) is -0.138. The summed E-state index contributed by atoms with van der Waals surface area (Å²) in [6.45, 7) is 15.7. The van der Waals surface area contributed by atoms with Crippen molar-refractivity contribution in [1.29, 1.82) is 0 Å². The van der Waals surface area contributed by atoms with Crippen molar-refractivity contribution in [3.63, 3.8) is 0 Å². The summed E-state index contributed by atoms with van der Waals surface area (Å²) in [4.78, 5) is 86.7. The molecule has 1 heterocycles. The Morgan fingerprint density at radius 3 is 2.02 bits per heavy atom. The molecule has 9 atom stereocenters. The van der Waals surface area contributed by atoms with Crippen LogP contribution in [0.1, 0.15) is 97.3 Å². The lowest BCUT2D eigenvalue weighted by molar-refractivity contribution is -0.149. The summed E-state index contributed by atoms with van der Waals surface area (Å²) in [7, 11) is 6.26. The van der Waals surface area contributed by atoms with E-state index >= 15 is 0 Å². The van der Waals surface area contributed by atoms with Crippen molar-refractivity contribution in [2.24, 2.45) is 29.6 Å². The van der Waals surface area contributed by atoms with Crippen LogP contribution in [0.2, 0.25) is 0 Å². The van der Waals surface area contributed by atoms with Crippen molar-refractivity contribution < 1.29 is 48.1 Å². The second-order valence-electron chi connectivity index (χ2n) is 18.0. The number of amides is 4. The van der Waals surface area contributed by atoms with Gasteiger partial charge in [0.25, 0.3) is 0 Å². The third-order valence-electron chi connectivity index (χ3n) is 12.8. The molecule has 0 bridgehead atoms. The van der Waals surface area contributed by atoms with E-state index in [-0.39, 0.29) is 61.2 Å². The second-order valence-corrected chi connectivity index (χ2v) is 18.0. The first-order valence-corrected chi connectivity index (χ1v) is 22.4. The van der Waals surface area contributed by atoms with E-state index in [4.69, 9.17) is 14.2 Å². The highest BCUT2D eigenvalue weighted by atomic mass is 16.6. The van der Waals surface area contributed by atoms with Gasteiger partial charge in [0.05, 0.1) is 42.7 Å². The van der Waals surface area contributed by atoms with Gasteiger partial charge < -0.3 is 39.3 Å². The molecule has 14 heteroatoms. The van der Waals surface area contributed by atoms with E-state index in [9.17, 15) is 33.9 Å². The molecule has 0 radical (unpaired) electrons. The van der Waals surface area contributed by atoms with E-state index in [1.807, 2.05) is 90.9 Å². The van der Waals surface area contributed by atoms with Crippen LogP contribution in [-0.2, 0) is 51.2 Å². The van der Waals surface area contributed by atoms with Crippen LogP contribution in [0.25, 0.3) is 0 Å². The van der Waals surface area contributed by atoms with Crippen LogP contribution in [0.5, 0.6) is 0 Å². The quantitative estimate of drug-likeness (QED) is 0.118. The zero-order chi connectivity index (χ0) is 47.1. The Hall–Kier alpha value is -4.82. The highest BCUT2D eigenvalue weighted by Gasteiger charge is 2.44. The van der Waals surface area contributed by atoms with Gasteiger partial charge in [-0.2, -0.15) is 0 Å². The molecule has 14 nitrogen and oxygen atoms in total. The minimum atomic E-state index is -1.15. The zero-order valence-corrected chi connectivity index (χ0v) is 39.7. The number of carboxylic acid groups (broad SMARTS) is 1. The number of rotatable bonds is 24. The first kappa shape index (κ1) is 52.5. The molecular formula is C49H74N4O10. The van der Waals surface area contributed by atoms with Crippen molar-refractivity contribution >= 4 is 35.6 Å². The van der Waals surface area contributed by atoms with Gasteiger partial charge in [-0.3, -0.25) is 19.2 Å². The van der Waals surface area contributed by atoms with Crippen molar-refractivity contribution in [1.82, 2.24) is 20.0 Å². The molecule has 0 spiro atoms. The van der Waals surface area contributed by atoms with Crippen LogP contribution in [-0.4, -0.2) is 127 Å². The molecule has 0 unspecified atom stereocenters. The average molecular weight is 879 g/mol. The topological polar surface area (TPSA) is 172 Å². The Kier molecular flexibility index (Phi) is 20.7. The minimum absolute atomic E-state index is 0.0506. The van der Waals surface area contributed by atoms with Crippen LogP contribution in [0, 0.1) is 36.5 Å². The molecule has 2 N–H and O–H groups in total. The summed E-state index contributed by atoms with van der Waals surface area (Å²) in [5.74, 6) is -4.43. The van der Waals surface area contributed by atoms with E-state index in [2.05, 4.69) is 5.32 Å². The van der Waals surface area contributed by atoms with Gasteiger partial charge in [0.1, 0.15) is 12.6 Å². The molecule has 0 aliphatic carbocycles. The summed E-state index contributed by atoms with van der Waals surface area (Å²) in [5.41, 5.74) is 2.69. The summed E-state index contributed by atoms with van der Waals surface area (Å²) >= 11 is 0. The van der Waals surface area contributed by atoms with Gasteiger partial charge in [0, 0.05) is 53.6 Å². The van der Waals surface area contributed by atoms with Gasteiger partial charge in [0.2, 0.25) is 17.7 Å². The number of benzene rings is 2. The molecule has 4 amide bonds. The molecule has 2 aromatic carbocycles. The molecule has 2 aromatic rings. The van der Waals surface area contributed by atoms with E-state index < -0.39 is 66.2 Å². The van der Waals surface area contributed by atoms with Gasteiger partial charge in [-0.05, 0) is 48.6 Å². The number of aryl methyl sites for hydroxylation is 1. The normalized spacial score (nSPS) is 17.8. The molecule has 0 aromatic heterocycles. The number of carbonyl (C=O) groups is 6. The third-order valence-corrected chi connectivity index (χ3v) is 12.8. The molecular weight excluding hydrogens is 805 g/mol. The third kappa shape index (κ3) is 14.3. The molecule has 1 aliphatic heterocycles. The standard InChI is InChI=1S/C49H74N4O10/c1-13-33(7)44(51(9)47(57)37(30(2)3)27-40(54)43(31(4)5)52(10)49(60)63-29-36-23-21-32(6)22-24-36)41(61-11)28-42(55)53-25-17-20-39(53)45(62-12)34(8)46(56)50-38(48(58)59)26-35-18-15-14-16-19-35/h14-16,18-19,21-24,30-31,33-34,37-39,41,43-45H,13,17,20,25-29H2,1-12H3,(H,50,56)(H,58,59)/t33-,34+,37-,38-,39-,41+,43-,44-,45+/m0/s1. The Labute approximate surface area is 375 Å². The maximum absolute atomic E-state index is 14.6. The Morgan fingerprint density at radius 1 is 0.841 bits per heavy atom. The molecule has 63 heavy (non-hydrogen) atoms. The second kappa shape index (κ2) is 24.9. The lowest BCUT2D eigenvalue weighted by Crippen LogP contribution is -2.55. The fraction of sp³-hybridized carbons (Fsp3) is 0.633. The summed E-state index contributed by atoms with van der Waals surface area (Å²) < 4.78 is 17.5. The maximum Gasteiger partial charge on any atom is 0.410 e. The zero-order valence-electron chi connectivity index (χ0n) is 39.7. The number of aliphatic carboxylic acids is 1. The van der Waals surface area contributed by atoms with Gasteiger partial charge in [-0.15, -0.1) is 0 Å². The number of nitrogens with zero attached hydrogens (tertiary/aromatic N) is 3. The number of likely N-dealkylation sites (N-methyl/N-ethyl adjacent to an activating group) is 2. The molecule has 1 saturated heterocycles. The van der Waals surface area contributed by atoms with Crippen molar-refractivity contribution in [3.05, 3.63) is 71.3 Å². The molecule has 3 rings (SSSR count). The number of methoxy groups -OCH3 is 2. The van der Waals surface area contributed by atoms with E-state index in [0.717, 1.165) is 16.7 Å². The van der Waals surface area contributed by atoms with Crippen molar-refractivity contribution in [3.8, 4) is 0 Å². The Bertz CT molecular complexity index is 1800. The predicted molar refractivity (Wildman–Crippen MR) is 242 cm³/mol. The van der Waals surface area contributed by atoms with Crippen LogP contribution in [0.4, 0.5) is 4.79 Å². The number of hydrogen-bond donors (Lipinski definition) is 2. The van der Waals surface area contributed by atoms with Gasteiger partial charge >= 0.3 is 12.1 Å². The monoisotopic (exact) mass is 879 g/mol. The van der Waals surface area contributed by atoms with Gasteiger partial charge in [-0.25, -0.2) is 9.59 Å². The SMILES string of the molecule is CC[C@H](C)[C@@H]([C@@H](CC(=O)N1CCC[C@H]1[C@H](OC)[C@@H](C)C(=O)N[C@@H](Cc1ccccc1)C(=O)O)OC)N(C)C(=O)[C@@H](CC(=O)[C@H](C(C)C)N(C)C(=O)OCc1ccc(C)cc1)C(C)C. The number of ketones is 1.